The van der Waals surface area contributed by atoms with Crippen LogP contribution in [0.4, 0.5) is 4.79 Å². The van der Waals surface area contributed by atoms with Crippen LogP contribution in [-0.2, 0) is 14.3 Å². The number of nitrogens with zero attached hydrogens (tertiary/aromatic N) is 2. The zero-order valence-electron chi connectivity index (χ0n) is 18.6. The van der Waals surface area contributed by atoms with Crippen LogP contribution in [0.1, 0.15) is 46.4 Å². The lowest BCUT2D eigenvalue weighted by Crippen LogP contribution is -2.48. The van der Waals surface area contributed by atoms with Crippen LogP contribution >= 0.6 is 11.3 Å². The van der Waals surface area contributed by atoms with E-state index >= 15 is 0 Å². The minimum atomic E-state index is -1.30. The van der Waals surface area contributed by atoms with Crippen LogP contribution in [0.5, 0.6) is 0 Å². The van der Waals surface area contributed by atoms with Gasteiger partial charge in [0.15, 0.2) is 0 Å². The van der Waals surface area contributed by atoms with Gasteiger partial charge in [-0.3, -0.25) is 9.59 Å². The van der Waals surface area contributed by atoms with Crippen LogP contribution in [0, 0.1) is 6.92 Å². The molecule has 3 aromatic rings. The smallest absolute Gasteiger partial charge is 0.407 e. The number of aromatic nitrogens is 2. The van der Waals surface area contributed by atoms with Gasteiger partial charge < -0.3 is 20.5 Å². The van der Waals surface area contributed by atoms with Gasteiger partial charge in [-0.05, 0) is 36.1 Å². The van der Waals surface area contributed by atoms with Crippen LogP contribution in [0.25, 0.3) is 11.1 Å². The van der Waals surface area contributed by atoms with Crippen LogP contribution in [-0.4, -0.2) is 45.9 Å². The molecule has 0 spiro atoms. The fourth-order valence-electron chi connectivity index (χ4n) is 4.03. The highest BCUT2D eigenvalue weighted by Gasteiger charge is 2.30. The molecule has 34 heavy (non-hydrogen) atoms. The summed E-state index contributed by atoms with van der Waals surface area (Å²) in [7, 11) is 0. The summed E-state index contributed by atoms with van der Waals surface area (Å²) in [4.78, 5) is 36.6. The molecule has 0 aliphatic heterocycles. The summed E-state index contributed by atoms with van der Waals surface area (Å²) in [6.45, 7) is 3.56. The Morgan fingerprint density at radius 2 is 1.65 bits per heavy atom. The van der Waals surface area contributed by atoms with Gasteiger partial charge in [-0.1, -0.05) is 59.9 Å². The van der Waals surface area contributed by atoms with Crippen molar-refractivity contribution in [1.82, 2.24) is 20.8 Å². The van der Waals surface area contributed by atoms with Gasteiger partial charge in [0, 0.05) is 5.92 Å². The molecule has 0 fully saturated rings. The molecule has 0 radical (unpaired) electrons. The van der Waals surface area contributed by atoms with Crippen molar-refractivity contribution < 1.29 is 24.2 Å². The Morgan fingerprint density at radius 1 is 1.03 bits per heavy atom. The summed E-state index contributed by atoms with van der Waals surface area (Å²) in [6.07, 6.45) is -1.44. The number of alkyl carbamates (subject to hydrolysis) is 1. The number of hydrogen-bond donors (Lipinski definition) is 3. The molecule has 1 aliphatic carbocycles. The van der Waals surface area contributed by atoms with E-state index in [4.69, 9.17) is 4.74 Å². The molecule has 1 aliphatic rings. The fraction of sp³-hybridized carbons (Fsp3) is 0.292. The summed E-state index contributed by atoms with van der Waals surface area (Å²) in [5, 5.41) is 23.5. The van der Waals surface area contributed by atoms with Crippen molar-refractivity contribution in [3.05, 3.63) is 69.7 Å². The number of carbonyl (C=O) groups is 3. The molecule has 0 saturated carbocycles. The average Bonchev–Trinajstić information content (AvgIpc) is 3.38. The number of benzene rings is 2. The van der Waals surface area contributed by atoms with Gasteiger partial charge in [0.25, 0.3) is 0 Å². The molecule has 1 heterocycles. The number of ether oxygens (including phenoxy) is 1. The van der Waals surface area contributed by atoms with E-state index in [1.54, 1.807) is 13.8 Å². The molecular formula is C24H24N4O5S. The van der Waals surface area contributed by atoms with Crippen LogP contribution in [0.15, 0.2) is 48.5 Å². The largest absolute Gasteiger partial charge is 0.481 e. The Morgan fingerprint density at radius 3 is 2.21 bits per heavy atom. The number of rotatable bonds is 8. The van der Waals surface area contributed by atoms with Crippen LogP contribution in [0.3, 0.4) is 0 Å². The molecule has 1 aromatic heterocycles. The molecule has 2 unspecified atom stereocenters. The molecular weight excluding hydrogens is 456 g/mol. The van der Waals surface area contributed by atoms with Crippen molar-refractivity contribution in [3.8, 4) is 11.1 Å². The predicted molar refractivity (Wildman–Crippen MR) is 125 cm³/mol. The molecule has 3 N–H and O–H groups in total. The molecule has 2 atom stereocenters. The first-order valence-electron chi connectivity index (χ1n) is 10.8. The highest BCUT2D eigenvalue weighted by Crippen LogP contribution is 2.44. The van der Waals surface area contributed by atoms with Crippen molar-refractivity contribution in [2.45, 2.75) is 38.3 Å². The zero-order valence-corrected chi connectivity index (χ0v) is 19.5. The van der Waals surface area contributed by atoms with E-state index in [1.807, 2.05) is 48.5 Å². The van der Waals surface area contributed by atoms with Crippen molar-refractivity contribution in [2.24, 2.45) is 0 Å². The SMILES string of the molecule is Cc1nnc(C(C)NC(=O)C(CC(=O)O)NC(=O)OCC2c3ccccc3-c3ccccc32)s1. The minimum absolute atomic E-state index is 0.0573. The highest BCUT2D eigenvalue weighted by molar-refractivity contribution is 7.11. The zero-order chi connectivity index (χ0) is 24.2. The summed E-state index contributed by atoms with van der Waals surface area (Å²) in [6, 6.07) is 14.1. The van der Waals surface area contributed by atoms with Crippen LogP contribution < -0.4 is 10.6 Å². The average molecular weight is 481 g/mol. The molecule has 0 bridgehead atoms. The van der Waals surface area contributed by atoms with Crippen molar-refractivity contribution in [1.29, 1.82) is 0 Å². The third kappa shape index (κ3) is 5.07. The van der Waals surface area contributed by atoms with E-state index in [1.165, 1.54) is 11.3 Å². The second kappa shape index (κ2) is 10.0. The Balaban J connectivity index is 1.40. The van der Waals surface area contributed by atoms with E-state index < -0.39 is 36.5 Å². The second-order valence-corrected chi connectivity index (χ2v) is 9.22. The lowest BCUT2D eigenvalue weighted by atomic mass is 9.98. The monoisotopic (exact) mass is 480 g/mol. The maximum Gasteiger partial charge on any atom is 0.407 e. The maximum absolute atomic E-state index is 12.7. The normalized spacial score (nSPS) is 13.9. The van der Waals surface area contributed by atoms with Crippen molar-refractivity contribution >= 4 is 29.3 Å². The molecule has 2 amide bonds. The number of carbonyl (C=O) groups excluding carboxylic acids is 2. The number of fused-ring (bicyclic) bond motifs is 3. The topological polar surface area (TPSA) is 131 Å². The number of carboxylic acids is 1. The Labute approximate surface area is 200 Å². The number of hydrogen-bond acceptors (Lipinski definition) is 7. The molecule has 0 saturated heterocycles. The minimum Gasteiger partial charge on any atom is -0.481 e. The Bertz CT molecular complexity index is 1180. The first-order valence-corrected chi connectivity index (χ1v) is 11.6. The molecule has 10 heteroatoms. The summed E-state index contributed by atoms with van der Waals surface area (Å²) < 4.78 is 5.45. The van der Waals surface area contributed by atoms with Crippen molar-refractivity contribution in [3.63, 3.8) is 0 Å². The lowest BCUT2D eigenvalue weighted by molar-refractivity contribution is -0.140. The quantitative estimate of drug-likeness (QED) is 0.450. The van der Waals surface area contributed by atoms with E-state index in [0.29, 0.717) is 5.01 Å². The first-order chi connectivity index (χ1) is 16.3. The Kier molecular flexibility index (Phi) is 6.87. The van der Waals surface area contributed by atoms with Gasteiger partial charge in [0.05, 0.1) is 12.5 Å². The van der Waals surface area contributed by atoms with Crippen LogP contribution in [0.2, 0.25) is 0 Å². The molecule has 4 rings (SSSR count). The van der Waals surface area contributed by atoms with Gasteiger partial charge in [0.1, 0.15) is 22.7 Å². The second-order valence-electron chi connectivity index (χ2n) is 8.01. The summed E-state index contributed by atoms with van der Waals surface area (Å²) >= 11 is 1.32. The highest BCUT2D eigenvalue weighted by atomic mass is 32.1. The fourth-order valence-corrected chi connectivity index (χ4v) is 4.73. The lowest BCUT2D eigenvalue weighted by Gasteiger charge is -2.20. The first kappa shape index (κ1) is 23.4. The van der Waals surface area contributed by atoms with E-state index in [0.717, 1.165) is 27.3 Å². The molecule has 9 nitrogen and oxygen atoms in total. The van der Waals surface area contributed by atoms with Gasteiger partial charge >= 0.3 is 12.1 Å². The maximum atomic E-state index is 12.7. The third-order valence-electron chi connectivity index (χ3n) is 5.60. The van der Waals surface area contributed by atoms with Gasteiger partial charge in [-0.2, -0.15) is 0 Å². The summed E-state index contributed by atoms with van der Waals surface area (Å²) in [5.74, 6) is -2.01. The van der Waals surface area contributed by atoms with E-state index in [2.05, 4.69) is 20.8 Å². The van der Waals surface area contributed by atoms with Gasteiger partial charge in [-0.15, -0.1) is 10.2 Å². The van der Waals surface area contributed by atoms with Crippen molar-refractivity contribution in [2.75, 3.05) is 6.61 Å². The van der Waals surface area contributed by atoms with E-state index in [9.17, 15) is 19.5 Å². The molecule has 2 aromatic carbocycles. The number of aliphatic carboxylic acids is 1. The number of carboxylic acid groups (broad SMARTS) is 1. The molecule has 176 valence electrons. The number of aryl methyl sites for hydroxylation is 1. The predicted octanol–water partition coefficient (Wildman–Crippen LogP) is 3.41. The Hall–Kier alpha value is -3.79. The van der Waals surface area contributed by atoms with Gasteiger partial charge in [0.2, 0.25) is 5.91 Å². The standard InChI is InChI=1S/C24H24N4O5S/c1-13(23-28-27-14(2)34-23)25-22(31)20(11-21(29)30)26-24(32)33-12-19-17-9-5-3-7-15(17)16-8-4-6-10-18(16)19/h3-10,13,19-20H,11-12H2,1-2H3,(H,25,31)(H,26,32)(H,29,30). The number of amides is 2. The summed E-state index contributed by atoms with van der Waals surface area (Å²) in [5.41, 5.74) is 4.29. The third-order valence-corrected chi connectivity index (χ3v) is 6.62. The van der Waals surface area contributed by atoms with Gasteiger partial charge in [-0.25, -0.2) is 4.79 Å². The number of nitrogens with one attached hydrogen (secondary N) is 2. The van der Waals surface area contributed by atoms with E-state index in [-0.39, 0.29) is 12.5 Å².